The van der Waals surface area contributed by atoms with Crippen molar-refractivity contribution in [2.24, 2.45) is 0 Å². The average Bonchev–Trinajstić information content (AvgIpc) is 2.58. The number of rotatable bonds is 19. The molecule has 2 atom stereocenters. The van der Waals surface area contributed by atoms with Crippen LogP contribution in [-0.2, 0) is 10.1 Å². The molecule has 0 radical (unpaired) electrons. The molecule has 0 aromatic heterocycles. The summed E-state index contributed by atoms with van der Waals surface area (Å²) in [5.74, 6) is 0. The molecule has 4 nitrogen and oxygen atoms in total. The number of unbranched alkanes of at least 4 members (excludes halogenated alkanes) is 12. The van der Waals surface area contributed by atoms with Crippen LogP contribution in [0.4, 0.5) is 0 Å². The van der Waals surface area contributed by atoms with Gasteiger partial charge in [-0.2, -0.15) is 0 Å². The van der Waals surface area contributed by atoms with Crippen LogP contribution in [0.2, 0.25) is 0 Å². The SMILES string of the molecule is CCCCCCCCCC(O)CC(CCCCCCCCC)S(=O)(=O)[O-].[K+]. The molecule has 0 aliphatic heterocycles. The standard InChI is InChI=1S/C21H44O4S.K/c1-3-5-7-9-11-13-15-17-20(22)19-21(26(23,24)25)18-16-14-12-10-8-6-4-2;/h20-22H,3-19H2,1-2H3,(H,23,24,25);/q;+1/p-1. The predicted octanol–water partition coefficient (Wildman–Crippen LogP) is 2.94. The van der Waals surface area contributed by atoms with Crippen molar-refractivity contribution in [1.82, 2.24) is 0 Å². The Balaban J connectivity index is 0. The summed E-state index contributed by atoms with van der Waals surface area (Å²) in [6.07, 6.45) is 16.4. The molecule has 0 spiro atoms. The van der Waals surface area contributed by atoms with Crippen molar-refractivity contribution in [1.29, 1.82) is 0 Å². The van der Waals surface area contributed by atoms with E-state index >= 15 is 0 Å². The summed E-state index contributed by atoms with van der Waals surface area (Å²) in [7, 11) is -4.32. The van der Waals surface area contributed by atoms with E-state index in [1.807, 2.05) is 0 Å². The molecular weight excluding hydrogens is 387 g/mol. The Bertz CT molecular complexity index is 401. The first kappa shape index (κ1) is 30.7. The smallest absolute Gasteiger partial charge is 0.748 e. The van der Waals surface area contributed by atoms with Gasteiger partial charge in [0.15, 0.2) is 0 Å². The zero-order valence-electron chi connectivity index (χ0n) is 18.3. The molecular formula is C21H43KO4S. The average molecular weight is 431 g/mol. The van der Waals surface area contributed by atoms with Gasteiger partial charge in [-0.05, 0) is 19.3 Å². The minimum Gasteiger partial charge on any atom is -0.748 e. The van der Waals surface area contributed by atoms with E-state index in [9.17, 15) is 18.1 Å². The van der Waals surface area contributed by atoms with E-state index in [2.05, 4.69) is 13.8 Å². The molecule has 6 heteroatoms. The monoisotopic (exact) mass is 430 g/mol. The van der Waals surface area contributed by atoms with E-state index in [1.165, 1.54) is 57.8 Å². The van der Waals surface area contributed by atoms with Gasteiger partial charge in [0.25, 0.3) is 0 Å². The van der Waals surface area contributed by atoms with Crippen molar-refractivity contribution in [3.8, 4) is 0 Å². The number of aliphatic hydroxyl groups excluding tert-OH is 1. The summed E-state index contributed by atoms with van der Waals surface area (Å²) in [6, 6.07) is 0. The van der Waals surface area contributed by atoms with Gasteiger partial charge in [0.1, 0.15) is 0 Å². The van der Waals surface area contributed by atoms with Gasteiger partial charge in [0.2, 0.25) is 0 Å². The molecule has 0 saturated heterocycles. The summed E-state index contributed by atoms with van der Waals surface area (Å²) in [5, 5.41) is 9.20. The summed E-state index contributed by atoms with van der Waals surface area (Å²) in [4.78, 5) is 0. The Hall–Kier alpha value is 1.51. The molecule has 0 aliphatic carbocycles. The van der Waals surface area contributed by atoms with Gasteiger partial charge < -0.3 is 9.66 Å². The van der Waals surface area contributed by atoms with Crippen LogP contribution in [0.15, 0.2) is 0 Å². The largest absolute Gasteiger partial charge is 1.00 e. The molecule has 27 heavy (non-hydrogen) atoms. The Morgan fingerprint density at radius 2 is 1.07 bits per heavy atom. The first-order valence-electron chi connectivity index (χ1n) is 11.0. The van der Waals surface area contributed by atoms with Crippen LogP contribution in [0.3, 0.4) is 0 Å². The minimum absolute atomic E-state index is 0. The number of aliphatic hydroxyl groups is 1. The molecule has 2 unspecified atom stereocenters. The second-order valence-electron chi connectivity index (χ2n) is 7.82. The van der Waals surface area contributed by atoms with E-state index in [1.54, 1.807) is 0 Å². The van der Waals surface area contributed by atoms with Gasteiger partial charge in [-0.15, -0.1) is 0 Å². The van der Waals surface area contributed by atoms with E-state index in [-0.39, 0.29) is 57.8 Å². The van der Waals surface area contributed by atoms with Crippen molar-refractivity contribution in [3.05, 3.63) is 0 Å². The molecule has 0 amide bonds. The quantitative estimate of drug-likeness (QED) is 0.194. The number of hydrogen-bond acceptors (Lipinski definition) is 4. The second-order valence-corrected chi connectivity index (χ2v) is 9.48. The van der Waals surface area contributed by atoms with E-state index < -0.39 is 21.5 Å². The van der Waals surface area contributed by atoms with Gasteiger partial charge in [0.05, 0.1) is 21.5 Å². The maximum absolute atomic E-state index is 11.5. The first-order chi connectivity index (χ1) is 12.4. The molecule has 0 bridgehead atoms. The van der Waals surface area contributed by atoms with Gasteiger partial charge in [-0.1, -0.05) is 104 Å². The minimum atomic E-state index is -4.32. The Kier molecular flexibility index (Phi) is 23.6. The molecule has 0 heterocycles. The van der Waals surface area contributed by atoms with Crippen LogP contribution in [-0.4, -0.2) is 29.4 Å². The zero-order valence-corrected chi connectivity index (χ0v) is 22.2. The van der Waals surface area contributed by atoms with Crippen LogP contribution in [0.5, 0.6) is 0 Å². The third-order valence-electron chi connectivity index (χ3n) is 5.21. The Morgan fingerprint density at radius 3 is 1.48 bits per heavy atom. The molecule has 0 aromatic rings. The summed E-state index contributed by atoms with van der Waals surface area (Å²) < 4.78 is 34.4. The number of hydrogen-bond donors (Lipinski definition) is 1. The van der Waals surface area contributed by atoms with E-state index in [0.29, 0.717) is 12.8 Å². The molecule has 0 aliphatic rings. The predicted molar refractivity (Wildman–Crippen MR) is 109 cm³/mol. The fourth-order valence-corrected chi connectivity index (χ4v) is 4.38. The molecule has 1 N–H and O–H groups in total. The van der Waals surface area contributed by atoms with Crippen LogP contribution < -0.4 is 51.4 Å². The maximum atomic E-state index is 11.5. The third-order valence-corrected chi connectivity index (χ3v) is 6.46. The molecule has 0 fully saturated rings. The van der Waals surface area contributed by atoms with Gasteiger partial charge in [-0.25, -0.2) is 8.42 Å². The van der Waals surface area contributed by atoms with Crippen molar-refractivity contribution in [3.63, 3.8) is 0 Å². The van der Waals surface area contributed by atoms with E-state index in [0.717, 1.165) is 32.1 Å². The third kappa shape index (κ3) is 20.6. The van der Waals surface area contributed by atoms with Crippen molar-refractivity contribution in [2.45, 2.75) is 134 Å². The maximum Gasteiger partial charge on any atom is 1.00 e. The first-order valence-corrected chi connectivity index (χ1v) is 12.5. The van der Waals surface area contributed by atoms with Crippen molar-refractivity contribution < 1.29 is 69.5 Å². The van der Waals surface area contributed by atoms with Crippen LogP contribution >= 0.6 is 0 Å². The van der Waals surface area contributed by atoms with Gasteiger partial charge in [-0.3, -0.25) is 0 Å². The fourth-order valence-electron chi connectivity index (χ4n) is 3.47. The fraction of sp³-hybridized carbons (Fsp3) is 1.00. The van der Waals surface area contributed by atoms with Gasteiger partial charge >= 0.3 is 51.4 Å². The molecule has 158 valence electrons. The van der Waals surface area contributed by atoms with Crippen LogP contribution in [0, 0.1) is 0 Å². The second kappa shape index (κ2) is 20.8. The zero-order chi connectivity index (χ0) is 19.7. The summed E-state index contributed by atoms with van der Waals surface area (Å²) >= 11 is 0. The topological polar surface area (TPSA) is 77.4 Å². The van der Waals surface area contributed by atoms with Crippen LogP contribution in [0.1, 0.15) is 123 Å². The molecule has 0 rings (SSSR count). The van der Waals surface area contributed by atoms with Gasteiger partial charge in [0, 0.05) is 0 Å². The van der Waals surface area contributed by atoms with Crippen molar-refractivity contribution >= 4 is 10.1 Å². The Morgan fingerprint density at radius 1 is 0.704 bits per heavy atom. The summed E-state index contributed by atoms with van der Waals surface area (Å²) in [6.45, 7) is 4.38. The molecule has 0 saturated carbocycles. The van der Waals surface area contributed by atoms with E-state index in [4.69, 9.17) is 0 Å². The summed E-state index contributed by atoms with van der Waals surface area (Å²) in [5.41, 5.74) is 0. The normalized spacial score (nSPS) is 13.9. The van der Waals surface area contributed by atoms with Crippen molar-refractivity contribution in [2.75, 3.05) is 0 Å². The molecule has 0 aromatic carbocycles. The Labute approximate surface area is 211 Å². The van der Waals surface area contributed by atoms with Crippen LogP contribution in [0.25, 0.3) is 0 Å².